The molecular formula is C17H27NO. The number of benzene rings is 1. The van der Waals surface area contributed by atoms with E-state index in [1.54, 1.807) is 0 Å². The standard InChI is InChI=1S/C11H21NO.C6H6/c1-9(12)7-11(13)8-10-5-3-2-4-6-10;1-2-4-6-5-3-1/h9-10H,2-8,12H2,1H3;1-6H. The van der Waals surface area contributed by atoms with Crippen LogP contribution in [0, 0.1) is 5.92 Å². The van der Waals surface area contributed by atoms with Crippen molar-refractivity contribution in [1.29, 1.82) is 0 Å². The Morgan fingerprint density at radius 1 is 1.05 bits per heavy atom. The molecule has 0 aromatic heterocycles. The molecule has 1 atom stereocenters. The summed E-state index contributed by atoms with van der Waals surface area (Å²) in [5.74, 6) is 1.03. The molecule has 1 unspecified atom stereocenters. The third-order valence-electron chi connectivity index (χ3n) is 3.46. The highest BCUT2D eigenvalue weighted by atomic mass is 16.1. The number of carbonyl (C=O) groups excluding carboxylic acids is 1. The van der Waals surface area contributed by atoms with E-state index in [0.29, 0.717) is 18.1 Å². The lowest BCUT2D eigenvalue weighted by Crippen LogP contribution is -2.21. The van der Waals surface area contributed by atoms with Crippen molar-refractivity contribution in [2.75, 3.05) is 0 Å². The van der Waals surface area contributed by atoms with Gasteiger partial charge in [-0.3, -0.25) is 4.79 Å². The minimum atomic E-state index is 0.0380. The van der Waals surface area contributed by atoms with Crippen LogP contribution < -0.4 is 5.73 Å². The van der Waals surface area contributed by atoms with Gasteiger partial charge < -0.3 is 5.73 Å². The SMILES string of the molecule is CC(N)CC(=O)CC1CCCCC1.c1ccccc1. The lowest BCUT2D eigenvalue weighted by molar-refractivity contribution is -0.120. The number of carbonyl (C=O) groups is 1. The molecular weight excluding hydrogens is 234 g/mol. The number of ketones is 1. The Morgan fingerprint density at radius 2 is 1.53 bits per heavy atom. The smallest absolute Gasteiger partial charge is 0.134 e. The van der Waals surface area contributed by atoms with Gasteiger partial charge in [0.2, 0.25) is 0 Å². The van der Waals surface area contributed by atoms with Gasteiger partial charge in [0.15, 0.2) is 0 Å². The minimum Gasteiger partial charge on any atom is -0.328 e. The normalized spacial score (nSPS) is 17.2. The third kappa shape index (κ3) is 8.55. The Labute approximate surface area is 117 Å². The lowest BCUT2D eigenvalue weighted by atomic mass is 9.85. The van der Waals surface area contributed by atoms with Crippen molar-refractivity contribution in [3.05, 3.63) is 36.4 Å². The van der Waals surface area contributed by atoms with E-state index >= 15 is 0 Å². The Balaban J connectivity index is 0.000000250. The summed E-state index contributed by atoms with van der Waals surface area (Å²) in [5.41, 5.74) is 5.58. The molecule has 0 amide bonds. The zero-order chi connectivity index (χ0) is 13.9. The number of Topliss-reactive ketones (excluding diaryl/α,β-unsaturated/α-hetero) is 1. The van der Waals surface area contributed by atoms with Crippen LogP contribution in [0.4, 0.5) is 0 Å². The maximum atomic E-state index is 11.4. The summed E-state index contributed by atoms with van der Waals surface area (Å²) in [4.78, 5) is 11.4. The van der Waals surface area contributed by atoms with Gasteiger partial charge in [-0.25, -0.2) is 0 Å². The van der Waals surface area contributed by atoms with Gasteiger partial charge in [-0.2, -0.15) is 0 Å². The van der Waals surface area contributed by atoms with E-state index < -0.39 is 0 Å². The van der Waals surface area contributed by atoms with Gasteiger partial charge in [0.05, 0.1) is 0 Å². The van der Waals surface area contributed by atoms with Crippen molar-refractivity contribution in [2.45, 2.75) is 57.9 Å². The fourth-order valence-electron chi connectivity index (χ4n) is 2.54. The second kappa shape index (κ2) is 9.74. The highest BCUT2D eigenvalue weighted by molar-refractivity contribution is 5.79. The topological polar surface area (TPSA) is 43.1 Å². The monoisotopic (exact) mass is 261 g/mol. The summed E-state index contributed by atoms with van der Waals surface area (Å²) in [6.07, 6.45) is 7.84. The van der Waals surface area contributed by atoms with Gasteiger partial charge in [0.1, 0.15) is 5.78 Å². The van der Waals surface area contributed by atoms with Crippen LogP contribution in [-0.4, -0.2) is 11.8 Å². The number of hydrogen-bond donors (Lipinski definition) is 1. The molecule has 1 aromatic rings. The van der Waals surface area contributed by atoms with Crippen LogP contribution in [0.1, 0.15) is 51.9 Å². The molecule has 19 heavy (non-hydrogen) atoms. The quantitative estimate of drug-likeness (QED) is 0.891. The van der Waals surface area contributed by atoms with Gasteiger partial charge in [0.25, 0.3) is 0 Å². The molecule has 1 aliphatic carbocycles. The van der Waals surface area contributed by atoms with Crippen LogP contribution in [-0.2, 0) is 4.79 Å². The lowest BCUT2D eigenvalue weighted by Gasteiger charge is -2.20. The van der Waals surface area contributed by atoms with Gasteiger partial charge in [-0.1, -0.05) is 68.5 Å². The summed E-state index contributed by atoms with van der Waals surface area (Å²) in [6, 6.07) is 12.0. The van der Waals surface area contributed by atoms with E-state index in [2.05, 4.69) is 0 Å². The maximum absolute atomic E-state index is 11.4. The molecule has 1 fully saturated rings. The predicted molar refractivity (Wildman–Crippen MR) is 80.9 cm³/mol. The molecule has 2 N–H and O–H groups in total. The van der Waals surface area contributed by atoms with Gasteiger partial charge in [-0.05, 0) is 12.8 Å². The maximum Gasteiger partial charge on any atom is 0.134 e. The number of hydrogen-bond acceptors (Lipinski definition) is 2. The third-order valence-corrected chi connectivity index (χ3v) is 3.46. The van der Waals surface area contributed by atoms with Gasteiger partial charge >= 0.3 is 0 Å². The first-order valence-electron chi connectivity index (χ1n) is 7.45. The van der Waals surface area contributed by atoms with E-state index in [0.717, 1.165) is 6.42 Å². The van der Waals surface area contributed by atoms with Crippen molar-refractivity contribution >= 4 is 5.78 Å². The minimum absolute atomic E-state index is 0.0380. The van der Waals surface area contributed by atoms with E-state index in [1.807, 2.05) is 43.3 Å². The van der Waals surface area contributed by atoms with E-state index in [1.165, 1.54) is 32.1 Å². The molecule has 0 aliphatic heterocycles. The summed E-state index contributed by atoms with van der Waals surface area (Å²) < 4.78 is 0. The second-order valence-corrected chi connectivity index (χ2v) is 5.58. The molecule has 1 aromatic carbocycles. The van der Waals surface area contributed by atoms with Crippen LogP contribution in [0.5, 0.6) is 0 Å². The second-order valence-electron chi connectivity index (χ2n) is 5.58. The summed E-state index contributed by atoms with van der Waals surface area (Å²) in [7, 11) is 0. The highest BCUT2D eigenvalue weighted by Crippen LogP contribution is 2.26. The fourth-order valence-corrected chi connectivity index (χ4v) is 2.54. The van der Waals surface area contributed by atoms with Crippen molar-refractivity contribution in [2.24, 2.45) is 11.7 Å². The summed E-state index contributed by atoms with van der Waals surface area (Å²) >= 11 is 0. The Kier molecular flexibility index (Phi) is 8.15. The Hall–Kier alpha value is -1.15. The first kappa shape index (κ1) is 15.9. The van der Waals surface area contributed by atoms with Crippen molar-refractivity contribution < 1.29 is 4.79 Å². The molecule has 2 nitrogen and oxygen atoms in total. The zero-order valence-corrected chi connectivity index (χ0v) is 12.1. The average molecular weight is 261 g/mol. The van der Waals surface area contributed by atoms with E-state index in [9.17, 15) is 4.79 Å². The molecule has 0 spiro atoms. The number of rotatable bonds is 4. The Morgan fingerprint density at radius 3 is 1.95 bits per heavy atom. The first-order chi connectivity index (χ1) is 9.18. The molecule has 2 heteroatoms. The van der Waals surface area contributed by atoms with Crippen molar-refractivity contribution in [3.63, 3.8) is 0 Å². The molecule has 106 valence electrons. The highest BCUT2D eigenvalue weighted by Gasteiger charge is 2.17. The van der Waals surface area contributed by atoms with Crippen molar-refractivity contribution in [3.8, 4) is 0 Å². The van der Waals surface area contributed by atoms with E-state index in [-0.39, 0.29) is 6.04 Å². The molecule has 2 rings (SSSR count). The zero-order valence-electron chi connectivity index (χ0n) is 12.1. The largest absolute Gasteiger partial charge is 0.328 e. The molecule has 0 saturated heterocycles. The number of nitrogens with two attached hydrogens (primary N) is 1. The molecule has 0 bridgehead atoms. The first-order valence-corrected chi connectivity index (χ1v) is 7.45. The van der Waals surface area contributed by atoms with Crippen LogP contribution >= 0.6 is 0 Å². The van der Waals surface area contributed by atoms with Crippen LogP contribution in [0.3, 0.4) is 0 Å². The molecule has 1 saturated carbocycles. The summed E-state index contributed by atoms with van der Waals surface area (Å²) in [5, 5.41) is 0. The average Bonchev–Trinajstić information content (AvgIpc) is 2.41. The fraction of sp³-hybridized carbons (Fsp3) is 0.588. The molecule has 0 heterocycles. The summed E-state index contributed by atoms with van der Waals surface area (Å²) in [6.45, 7) is 1.90. The Bertz CT molecular complexity index is 302. The van der Waals surface area contributed by atoms with Crippen LogP contribution in [0.15, 0.2) is 36.4 Å². The predicted octanol–water partition coefficient (Wildman–Crippen LogP) is 3.95. The van der Waals surface area contributed by atoms with Crippen LogP contribution in [0.25, 0.3) is 0 Å². The van der Waals surface area contributed by atoms with Crippen molar-refractivity contribution in [1.82, 2.24) is 0 Å². The van der Waals surface area contributed by atoms with E-state index in [4.69, 9.17) is 5.73 Å². The molecule has 1 aliphatic rings. The molecule has 0 radical (unpaired) electrons. The van der Waals surface area contributed by atoms with Crippen LogP contribution in [0.2, 0.25) is 0 Å². The van der Waals surface area contributed by atoms with Gasteiger partial charge in [-0.15, -0.1) is 0 Å². The van der Waals surface area contributed by atoms with Gasteiger partial charge in [0, 0.05) is 18.9 Å².